The molecule has 0 unspecified atom stereocenters. The Balaban J connectivity index is 1.78. The maximum absolute atomic E-state index is 11.1. The molecule has 4 aromatic rings. The number of hydrogen-bond acceptors (Lipinski definition) is 5. The van der Waals surface area contributed by atoms with Gasteiger partial charge in [0, 0.05) is 56.3 Å². The van der Waals surface area contributed by atoms with Gasteiger partial charge in [0.2, 0.25) is 0 Å². The zero-order valence-corrected chi connectivity index (χ0v) is 23.3. The molecule has 0 fully saturated rings. The number of rotatable bonds is 6. The highest BCUT2D eigenvalue weighted by Crippen LogP contribution is 2.49. The predicted octanol–water partition coefficient (Wildman–Crippen LogP) is 10.9. The molecule has 0 amide bonds. The second-order valence-electron chi connectivity index (χ2n) is 7.41. The van der Waals surface area contributed by atoms with Gasteiger partial charge in [-0.2, -0.15) is 0 Å². The minimum atomic E-state index is -0.553. The maximum Gasteiger partial charge on any atom is 0.270 e. The van der Waals surface area contributed by atoms with Crippen molar-refractivity contribution in [1.29, 1.82) is 0 Å². The van der Waals surface area contributed by atoms with Crippen LogP contribution in [0.2, 0.25) is 30.1 Å². The van der Waals surface area contributed by atoms with Crippen molar-refractivity contribution < 1.29 is 9.85 Å². The van der Waals surface area contributed by atoms with Crippen molar-refractivity contribution in [1.82, 2.24) is 0 Å². The van der Waals surface area contributed by atoms with Crippen LogP contribution < -0.4 is 0 Å². The van der Waals surface area contributed by atoms with Crippen molar-refractivity contribution in [2.24, 2.45) is 0 Å². The third kappa shape index (κ3) is 5.64. The van der Waals surface area contributed by atoms with E-state index < -0.39 is 9.85 Å². The summed E-state index contributed by atoms with van der Waals surface area (Å²) >= 11 is 40.2. The van der Waals surface area contributed by atoms with E-state index in [1.807, 2.05) is 0 Å². The van der Waals surface area contributed by atoms with E-state index in [4.69, 9.17) is 69.6 Å². The quantitative estimate of drug-likeness (QED) is 0.155. The Morgan fingerprint density at radius 2 is 0.919 bits per heavy atom. The van der Waals surface area contributed by atoms with Gasteiger partial charge in [0.05, 0.1) is 40.0 Å². The molecule has 0 heterocycles. The van der Waals surface area contributed by atoms with E-state index in [2.05, 4.69) is 0 Å². The minimum absolute atomic E-state index is 0.111. The highest BCUT2D eigenvalue weighted by atomic mass is 35.5. The zero-order valence-electron chi connectivity index (χ0n) is 18.0. The van der Waals surface area contributed by atoms with Gasteiger partial charge >= 0.3 is 0 Å². The van der Waals surface area contributed by atoms with Crippen LogP contribution in [0, 0.1) is 20.2 Å². The molecule has 0 aliphatic rings. The van der Waals surface area contributed by atoms with Crippen LogP contribution in [0.25, 0.3) is 22.3 Å². The van der Waals surface area contributed by atoms with Gasteiger partial charge < -0.3 is 0 Å². The van der Waals surface area contributed by atoms with Gasteiger partial charge in [0.15, 0.2) is 0 Å². The lowest BCUT2D eigenvalue weighted by molar-refractivity contribution is -0.385. The summed E-state index contributed by atoms with van der Waals surface area (Å²) in [5, 5.41) is 23.5. The Morgan fingerprint density at radius 3 is 1.24 bits per heavy atom. The van der Waals surface area contributed by atoms with Crippen LogP contribution >= 0.6 is 81.4 Å². The largest absolute Gasteiger partial charge is 0.270 e. The summed E-state index contributed by atoms with van der Waals surface area (Å²) in [6.45, 7) is 0. The average molecular weight is 635 g/mol. The first-order valence-corrected chi connectivity index (χ1v) is 13.1. The molecule has 6 nitrogen and oxygen atoms in total. The maximum atomic E-state index is 11.1. The van der Waals surface area contributed by atoms with Crippen molar-refractivity contribution in [3.63, 3.8) is 0 Å². The molecule has 0 atom stereocenters. The van der Waals surface area contributed by atoms with Gasteiger partial charge in [0.25, 0.3) is 11.4 Å². The smallest absolute Gasteiger partial charge is 0.258 e. The SMILES string of the molecule is O=[N+]([O-])c1ccc(-c2c(Cl)ccc(Sc3ccc(Cl)c(-c4ccc([N+](=O)[O-])cc4Cl)c3Cl)c2Cl)c(Cl)c1. The van der Waals surface area contributed by atoms with Crippen LogP contribution in [0.3, 0.4) is 0 Å². The topological polar surface area (TPSA) is 86.3 Å². The fraction of sp³-hybridized carbons (Fsp3) is 0. The van der Waals surface area contributed by atoms with Gasteiger partial charge in [-0.3, -0.25) is 20.2 Å². The molecule has 188 valence electrons. The molecule has 4 rings (SSSR count). The molecule has 0 aliphatic heterocycles. The van der Waals surface area contributed by atoms with Crippen molar-refractivity contribution in [2.75, 3.05) is 0 Å². The van der Waals surface area contributed by atoms with Gasteiger partial charge in [-0.15, -0.1) is 0 Å². The molecule has 0 N–H and O–H groups in total. The number of non-ortho nitro benzene ring substituents is 2. The second kappa shape index (κ2) is 11.3. The summed E-state index contributed by atoms with van der Waals surface area (Å²) < 4.78 is 0. The first-order valence-electron chi connectivity index (χ1n) is 10.0. The molecular formula is C24H10Cl6N2O4S. The van der Waals surface area contributed by atoms with Gasteiger partial charge in [-0.1, -0.05) is 81.4 Å². The molecule has 0 radical (unpaired) electrons. The van der Waals surface area contributed by atoms with E-state index in [0.29, 0.717) is 42.1 Å². The number of nitrogens with zero attached hydrogens (tertiary/aromatic N) is 2. The lowest BCUT2D eigenvalue weighted by Gasteiger charge is -2.16. The summed E-state index contributed by atoms with van der Waals surface area (Å²) in [5.74, 6) is 0. The third-order valence-corrected chi connectivity index (χ3v) is 8.58. The standard InChI is InChI=1S/C24H10Cl6N2O4S/c25-15-5-7-19(23(29)21(15)13-3-1-11(31(33)34)9-17(13)27)37-20-8-6-16(26)22(24(20)30)14-4-2-12(32(35)36)10-18(14)28/h1-10H. The molecule has 0 aliphatic carbocycles. The fourth-order valence-electron chi connectivity index (χ4n) is 3.48. The van der Waals surface area contributed by atoms with E-state index >= 15 is 0 Å². The summed E-state index contributed by atoms with van der Waals surface area (Å²) in [6, 6.07) is 14.7. The molecule has 37 heavy (non-hydrogen) atoms. The number of nitro groups is 2. The van der Waals surface area contributed by atoms with E-state index in [0.717, 1.165) is 0 Å². The van der Waals surface area contributed by atoms with E-state index in [9.17, 15) is 20.2 Å². The van der Waals surface area contributed by atoms with E-state index in [-0.39, 0.29) is 31.5 Å². The Labute approximate surface area is 244 Å². The summed E-state index contributed by atoms with van der Waals surface area (Å²) in [5.41, 5.74) is 1.30. The van der Waals surface area contributed by atoms with Crippen LogP contribution in [0.4, 0.5) is 11.4 Å². The lowest BCUT2D eigenvalue weighted by atomic mass is 10.0. The van der Waals surface area contributed by atoms with Crippen LogP contribution in [-0.4, -0.2) is 9.85 Å². The highest BCUT2D eigenvalue weighted by molar-refractivity contribution is 7.99. The molecule has 0 bridgehead atoms. The molecule has 0 saturated carbocycles. The zero-order chi connectivity index (χ0) is 27.0. The van der Waals surface area contributed by atoms with Gasteiger partial charge in [-0.25, -0.2) is 0 Å². The number of benzene rings is 4. The molecular weight excluding hydrogens is 625 g/mol. The van der Waals surface area contributed by atoms with Crippen molar-refractivity contribution in [3.8, 4) is 22.3 Å². The number of halogens is 6. The van der Waals surface area contributed by atoms with Crippen LogP contribution in [0.15, 0.2) is 70.5 Å². The first-order chi connectivity index (χ1) is 17.5. The van der Waals surface area contributed by atoms with Crippen molar-refractivity contribution >= 4 is 92.7 Å². The molecule has 0 saturated heterocycles. The van der Waals surface area contributed by atoms with Gasteiger partial charge in [0.1, 0.15) is 0 Å². The van der Waals surface area contributed by atoms with E-state index in [1.54, 1.807) is 24.3 Å². The third-order valence-electron chi connectivity index (χ3n) is 5.20. The Kier molecular flexibility index (Phi) is 8.45. The molecule has 0 aromatic heterocycles. The monoisotopic (exact) mass is 632 g/mol. The number of nitro benzene ring substituents is 2. The van der Waals surface area contributed by atoms with Crippen molar-refractivity contribution in [2.45, 2.75) is 9.79 Å². The van der Waals surface area contributed by atoms with Crippen LogP contribution in [-0.2, 0) is 0 Å². The highest BCUT2D eigenvalue weighted by Gasteiger charge is 2.21. The summed E-state index contributed by atoms with van der Waals surface area (Å²) in [7, 11) is 0. The Hall–Kier alpha value is -2.23. The van der Waals surface area contributed by atoms with Crippen LogP contribution in [0.5, 0.6) is 0 Å². The first kappa shape index (κ1) is 27.8. The van der Waals surface area contributed by atoms with E-state index in [1.165, 1.54) is 48.2 Å². The van der Waals surface area contributed by atoms with Gasteiger partial charge in [-0.05, 0) is 36.4 Å². The second-order valence-corrected chi connectivity index (χ2v) is 10.9. The number of hydrogen-bond donors (Lipinski definition) is 0. The fourth-order valence-corrected chi connectivity index (χ4v) is 6.29. The molecule has 4 aromatic carbocycles. The normalized spacial score (nSPS) is 11.0. The summed E-state index contributed by atoms with van der Waals surface area (Å²) in [4.78, 5) is 22.2. The lowest BCUT2D eigenvalue weighted by Crippen LogP contribution is -1.91. The molecule has 0 spiro atoms. The average Bonchev–Trinajstić information content (AvgIpc) is 2.84. The molecule has 13 heteroatoms. The van der Waals surface area contributed by atoms with Crippen LogP contribution in [0.1, 0.15) is 0 Å². The predicted molar refractivity (Wildman–Crippen MR) is 151 cm³/mol. The minimum Gasteiger partial charge on any atom is -0.258 e. The summed E-state index contributed by atoms with van der Waals surface area (Å²) in [6.07, 6.45) is 0. The Bertz CT molecular complexity index is 1480. The van der Waals surface area contributed by atoms with Crippen molar-refractivity contribution in [3.05, 3.63) is 111 Å². The Morgan fingerprint density at radius 1 is 0.541 bits per heavy atom.